The summed E-state index contributed by atoms with van der Waals surface area (Å²) in [7, 11) is 1.96. The number of ether oxygens (including phenoxy) is 1. The van der Waals surface area contributed by atoms with E-state index in [2.05, 4.69) is 17.1 Å². The van der Waals surface area contributed by atoms with E-state index < -0.39 is 5.60 Å². The topological polar surface area (TPSA) is 71.6 Å². The summed E-state index contributed by atoms with van der Waals surface area (Å²) in [6.07, 6.45) is 3.22. The Hall–Kier alpha value is -0.980. The number of hydrogen-bond acceptors (Lipinski definition) is 6. The van der Waals surface area contributed by atoms with Crippen LogP contribution in [0.25, 0.3) is 0 Å². The molecule has 0 spiro atoms. The van der Waals surface area contributed by atoms with E-state index >= 15 is 0 Å². The Kier molecular flexibility index (Phi) is 4.90. The molecule has 2 heterocycles. The van der Waals surface area contributed by atoms with Gasteiger partial charge in [0.1, 0.15) is 0 Å². The molecule has 0 unspecified atom stereocenters. The van der Waals surface area contributed by atoms with Crippen LogP contribution in [-0.4, -0.2) is 52.6 Å². The second-order valence-corrected chi connectivity index (χ2v) is 5.36. The first kappa shape index (κ1) is 14.4. The van der Waals surface area contributed by atoms with Crippen molar-refractivity contribution in [1.29, 1.82) is 0 Å². The first-order chi connectivity index (χ1) is 9.11. The third kappa shape index (κ3) is 4.26. The molecule has 1 saturated heterocycles. The van der Waals surface area contributed by atoms with Crippen molar-refractivity contribution in [2.75, 3.05) is 26.8 Å². The summed E-state index contributed by atoms with van der Waals surface area (Å²) in [6.45, 7) is 4.52. The summed E-state index contributed by atoms with van der Waals surface area (Å²) >= 11 is 0. The van der Waals surface area contributed by atoms with Crippen LogP contribution in [0.5, 0.6) is 0 Å². The molecule has 1 aromatic heterocycles. The van der Waals surface area contributed by atoms with Crippen LogP contribution in [0.2, 0.25) is 0 Å². The monoisotopic (exact) mass is 269 g/mol. The van der Waals surface area contributed by atoms with Crippen molar-refractivity contribution in [2.45, 2.75) is 44.8 Å². The number of rotatable bonds is 6. The number of aryl methyl sites for hydroxylation is 1. The quantitative estimate of drug-likeness (QED) is 0.830. The van der Waals surface area contributed by atoms with Crippen LogP contribution in [0.4, 0.5) is 0 Å². The zero-order valence-electron chi connectivity index (χ0n) is 11.8. The molecule has 0 amide bonds. The van der Waals surface area contributed by atoms with Gasteiger partial charge in [-0.3, -0.25) is 4.90 Å². The van der Waals surface area contributed by atoms with Gasteiger partial charge in [0.25, 0.3) is 0 Å². The lowest BCUT2D eigenvalue weighted by molar-refractivity contribution is -0.0784. The molecule has 19 heavy (non-hydrogen) atoms. The van der Waals surface area contributed by atoms with E-state index in [4.69, 9.17) is 9.26 Å². The molecule has 0 radical (unpaired) electrons. The predicted molar refractivity (Wildman–Crippen MR) is 69.6 cm³/mol. The van der Waals surface area contributed by atoms with E-state index in [1.165, 1.54) is 0 Å². The van der Waals surface area contributed by atoms with E-state index in [0.29, 0.717) is 45.0 Å². The van der Waals surface area contributed by atoms with Crippen molar-refractivity contribution < 1.29 is 14.4 Å². The minimum absolute atomic E-state index is 0.569. The smallest absolute Gasteiger partial charge is 0.240 e. The highest BCUT2D eigenvalue weighted by atomic mass is 16.5. The average molecular weight is 269 g/mol. The lowest BCUT2D eigenvalue weighted by Crippen LogP contribution is -2.45. The molecule has 2 rings (SSSR count). The Morgan fingerprint density at radius 3 is 2.79 bits per heavy atom. The molecule has 0 aliphatic carbocycles. The van der Waals surface area contributed by atoms with Crippen LogP contribution < -0.4 is 0 Å². The predicted octanol–water partition coefficient (Wildman–Crippen LogP) is 0.995. The van der Waals surface area contributed by atoms with E-state index in [1.54, 1.807) is 0 Å². The number of aliphatic hydroxyl groups is 1. The van der Waals surface area contributed by atoms with Crippen LogP contribution in [0, 0.1) is 0 Å². The number of nitrogens with zero attached hydrogens (tertiary/aromatic N) is 3. The van der Waals surface area contributed by atoms with Crippen molar-refractivity contribution in [3.05, 3.63) is 11.7 Å². The van der Waals surface area contributed by atoms with Crippen molar-refractivity contribution >= 4 is 0 Å². The molecule has 1 aliphatic heterocycles. The number of likely N-dealkylation sites (N-methyl/N-ethyl adjacent to an activating group) is 1. The standard InChI is InChI=1S/C13H23N3O3/c1-3-4-11-14-12(19-15-11)9-16(2)10-13(17)5-7-18-8-6-13/h17H,3-10H2,1-2H3. The molecule has 0 aromatic carbocycles. The maximum absolute atomic E-state index is 10.4. The molecule has 108 valence electrons. The Bertz CT molecular complexity index is 388. The first-order valence-corrected chi connectivity index (χ1v) is 6.91. The lowest BCUT2D eigenvalue weighted by atomic mass is 9.94. The van der Waals surface area contributed by atoms with Gasteiger partial charge >= 0.3 is 0 Å². The van der Waals surface area contributed by atoms with Gasteiger partial charge in [0, 0.05) is 39.0 Å². The van der Waals surface area contributed by atoms with Gasteiger partial charge in [-0.1, -0.05) is 12.1 Å². The molecular weight excluding hydrogens is 246 g/mol. The maximum Gasteiger partial charge on any atom is 0.240 e. The zero-order chi connectivity index (χ0) is 13.7. The van der Waals surface area contributed by atoms with E-state index in [9.17, 15) is 5.11 Å². The second-order valence-electron chi connectivity index (χ2n) is 5.36. The van der Waals surface area contributed by atoms with E-state index in [-0.39, 0.29) is 0 Å². The highest BCUT2D eigenvalue weighted by Crippen LogP contribution is 2.21. The van der Waals surface area contributed by atoms with Gasteiger partial charge in [-0.25, -0.2) is 0 Å². The summed E-state index contributed by atoms with van der Waals surface area (Å²) in [4.78, 5) is 6.35. The molecule has 1 aromatic rings. The minimum atomic E-state index is -0.654. The summed E-state index contributed by atoms with van der Waals surface area (Å²) in [5, 5.41) is 14.3. The number of aromatic nitrogens is 2. The zero-order valence-corrected chi connectivity index (χ0v) is 11.8. The molecule has 1 aliphatic rings. The number of hydrogen-bond donors (Lipinski definition) is 1. The summed E-state index contributed by atoms with van der Waals surface area (Å²) < 4.78 is 10.5. The lowest BCUT2D eigenvalue weighted by Gasteiger charge is -2.35. The maximum atomic E-state index is 10.4. The van der Waals surface area contributed by atoms with Crippen LogP contribution in [0.3, 0.4) is 0 Å². The Labute approximate surface area is 113 Å². The highest BCUT2D eigenvalue weighted by molar-refractivity contribution is 4.88. The summed E-state index contributed by atoms with van der Waals surface area (Å²) in [5.74, 6) is 1.37. The normalized spacial score (nSPS) is 18.9. The van der Waals surface area contributed by atoms with Crippen LogP contribution in [0.15, 0.2) is 4.52 Å². The molecule has 6 nitrogen and oxygen atoms in total. The van der Waals surface area contributed by atoms with Crippen LogP contribution in [0.1, 0.15) is 37.9 Å². The Morgan fingerprint density at radius 2 is 2.11 bits per heavy atom. The van der Waals surface area contributed by atoms with Gasteiger partial charge in [0.05, 0.1) is 12.1 Å². The average Bonchev–Trinajstić information content (AvgIpc) is 2.77. The summed E-state index contributed by atoms with van der Waals surface area (Å²) in [5.41, 5.74) is -0.654. The third-order valence-electron chi connectivity index (χ3n) is 3.38. The van der Waals surface area contributed by atoms with Gasteiger partial charge in [-0.2, -0.15) is 4.98 Å². The third-order valence-corrected chi connectivity index (χ3v) is 3.38. The molecule has 0 saturated carbocycles. The van der Waals surface area contributed by atoms with Crippen molar-refractivity contribution in [1.82, 2.24) is 15.0 Å². The van der Waals surface area contributed by atoms with Crippen molar-refractivity contribution in [3.8, 4) is 0 Å². The molecule has 1 N–H and O–H groups in total. The molecule has 6 heteroatoms. The van der Waals surface area contributed by atoms with Gasteiger partial charge in [0.2, 0.25) is 5.89 Å². The van der Waals surface area contributed by atoms with Crippen LogP contribution >= 0.6 is 0 Å². The van der Waals surface area contributed by atoms with Gasteiger partial charge in [-0.15, -0.1) is 0 Å². The van der Waals surface area contributed by atoms with Crippen molar-refractivity contribution in [2.24, 2.45) is 0 Å². The highest BCUT2D eigenvalue weighted by Gasteiger charge is 2.31. The molecule has 1 fully saturated rings. The van der Waals surface area contributed by atoms with Gasteiger partial charge in [-0.05, 0) is 13.5 Å². The van der Waals surface area contributed by atoms with Gasteiger partial charge in [0.15, 0.2) is 5.82 Å². The van der Waals surface area contributed by atoms with Gasteiger partial charge < -0.3 is 14.4 Å². The fraction of sp³-hybridized carbons (Fsp3) is 0.846. The second kappa shape index (κ2) is 6.45. The Balaban J connectivity index is 1.84. The SMILES string of the molecule is CCCc1noc(CN(C)CC2(O)CCOCC2)n1. The fourth-order valence-electron chi connectivity index (χ4n) is 2.38. The molecule has 0 bridgehead atoms. The molecule has 0 atom stereocenters. The van der Waals surface area contributed by atoms with E-state index in [1.807, 2.05) is 11.9 Å². The fourth-order valence-corrected chi connectivity index (χ4v) is 2.38. The molecular formula is C13H23N3O3. The van der Waals surface area contributed by atoms with E-state index in [0.717, 1.165) is 18.7 Å². The first-order valence-electron chi connectivity index (χ1n) is 6.91. The Morgan fingerprint density at radius 1 is 1.37 bits per heavy atom. The summed E-state index contributed by atoms with van der Waals surface area (Å²) in [6, 6.07) is 0. The largest absolute Gasteiger partial charge is 0.388 e. The minimum Gasteiger partial charge on any atom is -0.388 e. The van der Waals surface area contributed by atoms with Crippen molar-refractivity contribution in [3.63, 3.8) is 0 Å². The van der Waals surface area contributed by atoms with Crippen LogP contribution in [-0.2, 0) is 17.7 Å².